The molecular weight excluding hydrogens is 254 g/mol. The van der Waals surface area contributed by atoms with Crippen LogP contribution < -0.4 is 11.1 Å². The molecule has 0 atom stereocenters. The average Bonchev–Trinajstić information content (AvgIpc) is 2.37. The third kappa shape index (κ3) is 4.57. The molecule has 0 radical (unpaired) electrons. The van der Waals surface area contributed by atoms with Crippen LogP contribution in [0.2, 0.25) is 0 Å². The van der Waals surface area contributed by atoms with Gasteiger partial charge >= 0.3 is 0 Å². The Morgan fingerprint density at radius 1 is 1.17 bits per heavy atom. The van der Waals surface area contributed by atoms with Gasteiger partial charge in [0, 0.05) is 24.2 Å². The average molecular weight is 270 g/mol. The van der Waals surface area contributed by atoms with Crippen molar-refractivity contribution in [3.05, 3.63) is 47.4 Å². The number of nitrogens with zero attached hydrogens (tertiary/aromatic N) is 1. The molecule has 0 spiro atoms. The van der Waals surface area contributed by atoms with Gasteiger partial charge in [-0.1, -0.05) is 36.4 Å². The summed E-state index contributed by atoms with van der Waals surface area (Å²) in [6, 6.07) is 14.6. The molecule has 0 amide bonds. The van der Waals surface area contributed by atoms with Gasteiger partial charge in [0.05, 0.1) is 0 Å². The molecule has 5 nitrogen and oxygen atoms in total. The lowest BCUT2D eigenvalue weighted by Crippen LogP contribution is -2.13. The number of fused-ring (bicyclic) bond motifs is 1. The molecule has 2 rings (SSSR count). The molecule has 18 heavy (non-hydrogen) atoms. The molecule has 2 aromatic carbocycles. The summed E-state index contributed by atoms with van der Waals surface area (Å²) in [6.07, 6.45) is 0. The first-order valence-corrected chi connectivity index (χ1v) is 5.22. The maximum atomic E-state index is 8.11. The van der Waals surface area contributed by atoms with Crippen LogP contribution >= 0.6 is 12.4 Å². The number of hydrogen-bond donors (Lipinski definition) is 3. The molecular formula is C12H16ClN3O2. The van der Waals surface area contributed by atoms with E-state index in [4.69, 9.17) is 15.8 Å². The Hall–Kier alpha value is -1.85. The second-order valence-electron chi connectivity index (χ2n) is 3.32. The second kappa shape index (κ2) is 9.21. The van der Waals surface area contributed by atoms with Crippen molar-refractivity contribution in [2.45, 2.75) is 0 Å². The van der Waals surface area contributed by atoms with E-state index >= 15 is 0 Å². The SMILES string of the molecule is Cl.NCCNc1cccc2ccccc12.O=NO. The predicted molar refractivity (Wildman–Crippen MR) is 76.3 cm³/mol. The van der Waals surface area contributed by atoms with E-state index < -0.39 is 0 Å². The third-order valence-corrected chi connectivity index (χ3v) is 2.25. The number of anilines is 1. The van der Waals surface area contributed by atoms with Crippen LogP contribution in [0.25, 0.3) is 10.8 Å². The number of rotatable bonds is 3. The van der Waals surface area contributed by atoms with Crippen LogP contribution in [0.15, 0.2) is 47.8 Å². The Labute approximate surface area is 111 Å². The molecule has 0 bridgehead atoms. The van der Waals surface area contributed by atoms with Gasteiger partial charge in [-0.05, 0) is 11.5 Å². The Morgan fingerprint density at radius 3 is 2.44 bits per heavy atom. The van der Waals surface area contributed by atoms with Crippen LogP contribution in [-0.4, -0.2) is 18.3 Å². The van der Waals surface area contributed by atoms with Gasteiger partial charge in [-0.25, -0.2) is 0 Å². The summed E-state index contributed by atoms with van der Waals surface area (Å²) in [7, 11) is 0. The van der Waals surface area contributed by atoms with Gasteiger partial charge < -0.3 is 16.3 Å². The van der Waals surface area contributed by atoms with E-state index in [1.54, 1.807) is 0 Å². The molecule has 0 heterocycles. The molecule has 6 heteroatoms. The second-order valence-corrected chi connectivity index (χ2v) is 3.32. The maximum absolute atomic E-state index is 8.11. The van der Waals surface area contributed by atoms with Crippen LogP contribution in [0.4, 0.5) is 5.69 Å². The number of nitrogens with one attached hydrogen (secondary N) is 1. The fourth-order valence-electron chi connectivity index (χ4n) is 1.59. The van der Waals surface area contributed by atoms with Crippen LogP contribution in [0.1, 0.15) is 0 Å². The van der Waals surface area contributed by atoms with Crippen molar-refractivity contribution in [1.29, 1.82) is 0 Å². The summed E-state index contributed by atoms with van der Waals surface area (Å²) in [5, 5.41) is 13.7. The lowest BCUT2D eigenvalue weighted by atomic mass is 10.1. The summed E-state index contributed by atoms with van der Waals surface area (Å²) in [5.74, 6) is 0. The number of benzene rings is 2. The molecule has 0 aliphatic carbocycles. The molecule has 0 fully saturated rings. The van der Waals surface area contributed by atoms with Crippen molar-refractivity contribution in [2.75, 3.05) is 18.4 Å². The Balaban J connectivity index is 0.000000660. The molecule has 0 aromatic heterocycles. The van der Waals surface area contributed by atoms with Crippen LogP contribution in [0, 0.1) is 4.91 Å². The van der Waals surface area contributed by atoms with Gasteiger partial charge in [-0.3, -0.25) is 0 Å². The highest BCUT2D eigenvalue weighted by atomic mass is 35.5. The monoisotopic (exact) mass is 269 g/mol. The highest BCUT2D eigenvalue weighted by Gasteiger charge is 1.97. The van der Waals surface area contributed by atoms with Gasteiger partial charge in [0.2, 0.25) is 0 Å². The summed E-state index contributed by atoms with van der Waals surface area (Å²) in [6.45, 7) is 1.47. The van der Waals surface area contributed by atoms with Crippen LogP contribution in [0.3, 0.4) is 0 Å². The van der Waals surface area contributed by atoms with Crippen molar-refractivity contribution in [1.82, 2.24) is 0 Å². The summed E-state index contributed by atoms with van der Waals surface area (Å²) in [4.78, 5) is 8.11. The van der Waals surface area contributed by atoms with Crippen molar-refractivity contribution < 1.29 is 5.21 Å². The zero-order chi connectivity index (χ0) is 12.5. The zero-order valence-corrected chi connectivity index (χ0v) is 10.6. The van der Waals surface area contributed by atoms with E-state index in [0.29, 0.717) is 6.54 Å². The minimum absolute atomic E-state index is 0. The van der Waals surface area contributed by atoms with E-state index in [1.165, 1.54) is 16.1 Å². The highest BCUT2D eigenvalue weighted by Crippen LogP contribution is 2.22. The van der Waals surface area contributed by atoms with E-state index in [9.17, 15) is 0 Å². The smallest absolute Gasteiger partial charge is 0.152 e. The van der Waals surface area contributed by atoms with Crippen molar-refractivity contribution in [3.63, 3.8) is 0 Å². The van der Waals surface area contributed by atoms with Crippen LogP contribution in [0.5, 0.6) is 0 Å². The third-order valence-electron chi connectivity index (χ3n) is 2.25. The van der Waals surface area contributed by atoms with Crippen molar-refractivity contribution >= 4 is 28.9 Å². The summed E-state index contributed by atoms with van der Waals surface area (Å²) >= 11 is 0. The molecule has 4 N–H and O–H groups in total. The predicted octanol–water partition coefficient (Wildman–Crippen LogP) is 2.77. The minimum Gasteiger partial charge on any atom is -0.383 e. The fraction of sp³-hybridized carbons (Fsp3) is 0.167. The Morgan fingerprint density at radius 2 is 1.78 bits per heavy atom. The first-order chi connectivity index (χ1) is 8.33. The van der Waals surface area contributed by atoms with E-state index in [0.717, 1.165) is 12.2 Å². The van der Waals surface area contributed by atoms with Gasteiger partial charge in [0.1, 0.15) is 0 Å². The van der Waals surface area contributed by atoms with E-state index in [1.807, 2.05) is 0 Å². The van der Waals surface area contributed by atoms with Crippen LogP contribution in [-0.2, 0) is 0 Å². The topological polar surface area (TPSA) is 87.7 Å². The molecule has 2 aromatic rings. The molecule has 0 saturated carbocycles. The summed E-state index contributed by atoms with van der Waals surface area (Å²) < 4.78 is 0. The quantitative estimate of drug-likeness (QED) is 0.590. The minimum atomic E-state index is 0. The molecule has 0 saturated heterocycles. The molecule has 98 valence electrons. The first kappa shape index (κ1) is 16.1. The van der Waals surface area contributed by atoms with Gasteiger partial charge in [-0.2, -0.15) is 0 Å². The largest absolute Gasteiger partial charge is 0.383 e. The Kier molecular flexibility index (Phi) is 8.26. The maximum Gasteiger partial charge on any atom is 0.152 e. The molecule has 0 aliphatic heterocycles. The lowest BCUT2D eigenvalue weighted by Gasteiger charge is -2.08. The van der Waals surface area contributed by atoms with E-state index in [-0.39, 0.29) is 12.4 Å². The number of nitrogens with two attached hydrogens (primary N) is 1. The number of halogens is 1. The molecule has 0 aliphatic rings. The fourth-order valence-corrected chi connectivity index (χ4v) is 1.59. The normalized spacial score (nSPS) is 8.72. The zero-order valence-electron chi connectivity index (χ0n) is 9.74. The number of hydrogen-bond acceptors (Lipinski definition) is 4. The highest BCUT2D eigenvalue weighted by molar-refractivity contribution is 5.93. The lowest BCUT2D eigenvalue weighted by molar-refractivity contribution is 0.312. The van der Waals surface area contributed by atoms with Crippen molar-refractivity contribution in [3.8, 4) is 0 Å². The Bertz CT molecular complexity index is 474. The van der Waals surface area contributed by atoms with Gasteiger partial charge in [-0.15, -0.1) is 17.3 Å². The van der Waals surface area contributed by atoms with Gasteiger partial charge in [0.25, 0.3) is 0 Å². The van der Waals surface area contributed by atoms with Crippen molar-refractivity contribution in [2.24, 2.45) is 11.1 Å². The van der Waals surface area contributed by atoms with E-state index in [2.05, 4.69) is 47.8 Å². The van der Waals surface area contributed by atoms with Gasteiger partial charge in [0.15, 0.2) is 5.34 Å². The molecule has 0 unspecified atom stereocenters. The standard InChI is InChI=1S/C12H14N2.ClH.HNO2/c13-8-9-14-12-7-3-5-10-4-1-2-6-11(10)12;;2-1-3/h1-7,14H,8-9,13H2;1H;(H,2,3). The first-order valence-electron chi connectivity index (χ1n) is 5.22. The summed E-state index contributed by atoms with van der Waals surface area (Å²) in [5.41, 5.74) is 6.62.